The highest BCUT2D eigenvalue weighted by Crippen LogP contribution is 2.40. The molecule has 4 aromatic rings. The molecule has 2 aromatic heterocycles. The number of carboxylic acids is 2. The Hall–Kier alpha value is -5.33. The van der Waals surface area contributed by atoms with Gasteiger partial charge in [0.25, 0.3) is 5.56 Å². The highest BCUT2D eigenvalue weighted by Gasteiger charge is 2.22. The second-order valence-corrected chi connectivity index (χ2v) is 9.26. The number of carboxylic acid groups (broad SMARTS) is 2. The number of carbonyl (C=O) groups excluding carboxylic acids is 1. The van der Waals surface area contributed by atoms with Crippen LogP contribution in [-0.2, 0) is 20.9 Å². The minimum absolute atomic E-state index is 0.00251. The zero-order valence-electron chi connectivity index (χ0n) is 22.3. The molecule has 3 heterocycles. The second-order valence-electron chi connectivity index (χ2n) is 9.26. The van der Waals surface area contributed by atoms with Crippen LogP contribution in [0.1, 0.15) is 6.42 Å². The summed E-state index contributed by atoms with van der Waals surface area (Å²) in [5, 5.41) is 20.4. The second kappa shape index (κ2) is 10.7. The number of hydrogen-bond donors (Lipinski definition) is 2. The van der Waals surface area contributed by atoms with Crippen LogP contribution >= 0.6 is 0 Å². The van der Waals surface area contributed by atoms with Gasteiger partial charge < -0.3 is 38.6 Å². The third kappa shape index (κ3) is 4.93. The molecule has 2 aromatic carbocycles. The third-order valence-corrected chi connectivity index (χ3v) is 6.84. The van der Waals surface area contributed by atoms with Crippen LogP contribution in [0.15, 0.2) is 46.9 Å². The molecule has 0 radical (unpaired) electrons. The minimum Gasteiger partial charge on any atom is -0.493 e. The Balaban J connectivity index is 1.67. The van der Waals surface area contributed by atoms with Gasteiger partial charge in [-0.05, 0) is 18.2 Å². The van der Waals surface area contributed by atoms with E-state index < -0.39 is 29.8 Å². The number of methoxy groups -OCH3 is 2. The Bertz CT molecular complexity index is 1840. The van der Waals surface area contributed by atoms with E-state index in [2.05, 4.69) is 4.98 Å². The minimum atomic E-state index is -1.51. The molecule has 1 aliphatic heterocycles. The van der Waals surface area contributed by atoms with Crippen LogP contribution in [0.5, 0.6) is 23.0 Å². The van der Waals surface area contributed by atoms with Gasteiger partial charge in [0.2, 0.25) is 12.7 Å². The molecule has 0 saturated heterocycles. The first-order valence-electron chi connectivity index (χ1n) is 12.3. The summed E-state index contributed by atoms with van der Waals surface area (Å²) in [4.78, 5) is 55.0. The number of nitrogens with zero attached hydrogens (tertiary/aromatic N) is 3. The highest BCUT2D eigenvalue weighted by atomic mass is 16.7. The average Bonchev–Trinajstić information content (AvgIpc) is 3.41. The third-order valence-electron chi connectivity index (χ3n) is 6.84. The molecule has 1 amide bonds. The fourth-order valence-electron chi connectivity index (χ4n) is 4.77. The number of benzene rings is 2. The number of aliphatic carboxylic acids is 2. The van der Waals surface area contributed by atoms with Crippen LogP contribution < -0.4 is 24.5 Å². The smallest absolute Gasteiger partial charge is 0.332 e. The van der Waals surface area contributed by atoms with Crippen LogP contribution in [0.3, 0.4) is 0 Å². The van der Waals surface area contributed by atoms with Crippen LogP contribution in [0.2, 0.25) is 0 Å². The van der Waals surface area contributed by atoms with Gasteiger partial charge >= 0.3 is 11.9 Å². The molecule has 1 aliphatic rings. The maximum Gasteiger partial charge on any atom is 0.332 e. The topological polar surface area (TPSA) is 167 Å². The van der Waals surface area contributed by atoms with E-state index in [1.54, 1.807) is 30.5 Å². The molecule has 13 nitrogen and oxygen atoms in total. The van der Waals surface area contributed by atoms with Crippen molar-refractivity contribution in [1.82, 2.24) is 14.5 Å². The van der Waals surface area contributed by atoms with Gasteiger partial charge in [0.05, 0.1) is 42.6 Å². The van der Waals surface area contributed by atoms with E-state index in [1.165, 1.54) is 30.7 Å². The van der Waals surface area contributed by atoms with Crippen LogP contribution in [-0.4, -0.2) is 77.1 Å². The zero-order chi connectivity index (χ0) is 29.4. The Labute approximate surface area is 231 Å². The van der Waals surface area contributed by atoms with Crippen molar-refractivity contribution >= 4 is 50.4 Å². The molecule has 0 spiro atoms. The Morgan fingerprint density at radius 3 is 2.29 bits per heavy atom. The summed E-state index contributed by atoms with van der Waals surface area (Å²) in [6.45, 7) is 0.0685. The fraction of sp³-hybridized carbons (Fsp3) is 0.250. The Morgan fingerprint density at radius 1 is 1.00 bits per heavy atom. The summed E-state index contributed by atoms with van der Waals surface area (Å²) < 4.78 is 23.5. The number of carbonyl (C=O) groups is 3. The summed E-state index contributed by atoms with van der Waals surface area (Å²) in [6, 6.07) is 6.76. The molecule has 0 bridgehead atoms. The number of ether oxygens (including phenoxy) is 4. The van der Waals surface area contributed by atoms with Gasteiger partial charge in [-0.25, -0.2) is 4.79 Å². The lowest BCUT2D eigenvalue weighted by Gasteiger charge is -2.20. The van der Waals surface area contributed by atoms with Gasteiger partial charge in [0.15, 0.2) is 23.0 Å². The molecule has 2 N–H and O–H groups in total. The lowest BCUT2D eigenvalue weighted by atomic mass is 10.0. The van der Waals surface area contributed by atoms with Gasteiger partial charge in [-0.1, -0.05) is 0 Å². The van der Waals surface area contributed by atoms with Gasteiger partial charge in [0, 0.05) is 54.6 Å². The maximum absolute atomic E-state index is 14.0. The number of hydrogen-bond acceptors (Lipinski definition) is 9. The molecule has 0 unspecified atom stereocenters. The average molecular weight is 564 g/mol. The SMILES string of the molecule is COc1cc2c(=O)n(CCN(C)C(=O)/C=C(/CC(=O)O)C(=O)O)c3c4cc5c(cc4ncc3c2cc1OC)OCO5. The van der Waals surface area contributed by atoms with E-state index in [1.807, 2.05) is 0 Å². The number of amides is 1. The quantitative estimate of drug-likeness (QED) is 0.227. The van der Waals surface area contributed by atoms with Crippen molar-refractivity contribution in [3.8, 4) is 23.0 Å². The van der Waals surface area contributed by atoms with Gasteiger partial charge in [0.1, 0.15) is 0 Å². The molecule has 212 valence electrons. The largest absolute Gasteiger partial charge is 0.493 e. The Kier molecular flexibility index (Phi) is 7.10. The van der Waals surface area contributed by atoms with Crippen molar-refractivity contribution in [2.45, 2.75) is 13.0 Å². The summed E-state index contributed by atoms with van der Waals surface area (Å²) in [5.41, 5.74) is 0.164. The molecule has 5 rings (SSSR count). The number of rotatable bonds is 9. The molecule has 0 saturated carbocycles. The molecule has 0 aliphatic carbocycles. The van der Waals surface area contributed by atoms with E-state index in [0.717, 1.165) is 6.08 Å². The first kappa shape index (κ1) is 27.2. The monoisotopic (exact) mass is 563 g/mol. The summed E-state index contributed by atoms with van der Waals surface area (Å²) in [6.07, 6.45) is 1.60. The van der Waals surface area contributed by atoms with E-state index in [0.29, 0.717) is 55.6 Å². The van der Waals surface area contributed by atoms with Crippen molar-refractivity contribution in [3.63, 3.8) is 0 Å². The summed E-state index contributed by atoms with van der Waals surface area (Å²) in [7, 11) is 4.39. The number of pyridine rings is 2. The van der Waals surface area contributed by atoms with Crippen molar-refractivity contribution < 1.29 is 43.5 Å². The summed E-state index contributed by atoms with van der Waals surface area (Å²) in [5.74, 6) is -1.80. The van der Waals surface area contributed by atoms with Crippen molar-refractivity contribution in [2.75, 3.05) is 34.6 Å². The van der Waals surface area contributed by atoms with Gasteiger partial charge in [-0.3, -0.25) is 19.4 Å². The predicted molar refractivity (Wildman–Crippen MR) is 146 cm³/mol. The standard InChI is InChI=1S/C28H25N3O10/c1-30(24(32)6-14(28(36)37)7-25(33)34)4-5-31-26-17-10-22-23(41-13-40-22)11-19(17)29-12-18(26)15-8-20(38-2)21(39-3)9-16(15)27(31)35/h6,8-12H,4-5,7,13H2,1-3H3,(H,33,34)(H,36,37)/b14-6-. The van der Waals surface area contributed by atoms with E-state index in [-0.39, 0.29) is 25.4 Å². The molecule has 41 heavy (non-hydrogen) atoms. The molecule has 0 atom stereocenters. The number of likely N-dealkylation sites (N-methyl/N-ethyl adjacent to an activating group) is 1. The van der Waals surface area contributed by atoms with Crippen LogP contribution in [0, 0.1) is 0 Å². The van der Waals surface area contributed by atoms with Crippen molar-refractivity contribution in [3.05, 3.63) is 52.5 Å². The fourth-order valence-corrected chi connectivity index (χ4v) is 4.77. The predicted octanol–water partition coefficient (Wildman–Crippen LogP) is 2.39. The molecular weight excluding hydrogens is 538 g/mol. The van der Waals surface area contributed by atoms with Crippen LogP contribution in [0.25, 0.3) is 32.6 Å². The lowest BCUT2D eigenvalue weighted by molar-refractivity contribution is -0.139. The maximum atomic E-state index is 14.0. The number of aromatic nitrogens is 2. The molecular formula is C28H25N3O10. The van der Waals surface area contributed by atoms with E-state index in [4.69, 9.17) is 24.1 Å². The highest BCUT2D eigenvalue weighted by molar-refractivity contribution is 6.15. The van der Waals surface area contributed by atoms with Gasteiger partial charge in [-0.2, -0.15) is 0 Å². The molecule has 13 heteroatoms. The zero-order valence-corrected chi connectivity index (χ0v) is 22.3. The lowest BCUT2D eigenvalue weighted by Crippen LogP contribution is -2.32. The first-order chi connectivity index (χ1) is 19.6. The van der Waals surface area contributed by atoms with Gasteiger partial charge in [-0.15, -0.1) is 0 Å². The summed E-state index contributed by atoms with van der Waals surface area (Å²) >= 11 is 0. The van der Waals surface area contributed by atoms with E-state index >= 15 is 0 Å². The van der Waals surface area contributed by atoms with Crippen molar-refractivity contribution in [1.29, 1.82) is 0 Å². The first-order valence-corrected chi connectivity index (χ1v) is 12.3. The molecule has 0 fully saturated rings. The van der Waals surface area contributed by atoms with E-state index in [9.17, 15) is 24.3 Å². The Morgan fingerprint density at radius 2 is 1.66 bits per heavy atom. The number of fused-ring (bicyclic) bond motifs is 6. The normalized spacial score (nSPS) is 12.6. The van der Waals surface area contributed by atoms with Crippen molar-refractivity contribution in [2.24, 2.45) is 0 Å². The van der Waals surface area contributed by atoms with Crippen LogP contribution in [0.4, 0.5) is 0 Å².